The van der Waals surface area contributed by atoms with Gasteiger partial charge in [-0.25, -0.2) is 0 Å². The molecule has 0 spiro atoms. The second kappa shape index (κ2) is 7.47. The average Bonchev–Trinajstić information content (AvgIpc) is 3.02. The molecule has 1 aliphatic carbocycles. The monoisotopic (exact) mass is 437 g/mol. The summed E-state index contributed by atoms with van der Waals surface area (Å²) in [6, 6.07) is 6.95. The van der Waals surface area contributed by atoms with Crippen molar-refractivity contribution in [2.24, 2.45) is 10.9 Å². The number of aryl methyl sites for hydroxylation is 1. The zero-order chi connectivity index (χ0) is 13.1. The van der Waals surface area contributed by atoms with E-state index in [4.69, 9.17) is 0 Å². The van der Waals surface area contributed by atoms with E-state index < -0.39 is 0 Å². The zero-order valence-corrected chi connectivity index (χ0v) is 15.5. The van der Waals surface area contributed by atoms with Crippen molar-refractivity contribution >= 4 is 45.9 Å². The van der Waals surface area contributed by atoms with Gasteiger partial charge in [0.15, 0.2) is 5.96 Å². The van der Waals surface area contributed by atoms with Crippen LogP contribution in [0.2, 0.25) is 0 Å². The van der Waals surface area contributed by atoms with Gasteiger partial charge in [-0.3, -0.25) is 4.99 Å². The lowest BCUT2D eigenvalue weighted by atomic mass is 10.1. The topological polar surface area (TPSA) is 36.4 Å². The van der Waals surface area contributed by atoms with Crippen molar-refractivity contribution < 1.29 is 0 Å². The SMILES string of the molecule is CN=C(NCc1ccc(Br)cc1C)NC1CC1C.I. The van der Waals surface area contributed by atoms with Crippen molar-refractivity contribution in [1.82, 2.24) is 10.6 Å². The van der Waals surface area contributed by atoms with Crippen LogP contribution in [0.3, 0.4) is 0 Å². The number of nitrogens with zero attached hydrogens (tertiary/aromatic N) is 1. The standard InChI is InChI=1S/C14H20BrN3.HI/c1-9-6-12(15)5-4-11(9)8-17-14(16-3)18-13-7-10(13)2;/h4-6,10,13H,7-8H2,1-3H3,(H2,16,17,18);1H. The number of nitrogens with one attached hydrogen (secondary N) is 2. The zero-order valence-electron chi connectivity index (χ0n) is 11.5. The minimum Gasteiger partial charge on any atom is -0.353 e. The molecule has 0 aliphatic heterocycles. The van der Waals surface area contributed by atoms with Crippen LogP contribution < -0.4 is 10.6 Å². The highest BCUT2D eigenvalue weighted by Crippen LogP contribution is 2.28. The minimum atomic E-state index is 0. The van der Waals surface area contributed by atoms with Crippen LogP contribution in [-0.2, 0) is 6.54 Å². The van der Waals surface area contributed by atoms with Gasteiger partial charge >= 0.3 is 0 Å². The van der Waals surface area contributed by atoms with Crippen LogP contribution in [0.15, 0.2) is 27.7 Å². The third kappa shape index (κ3) is 4.95. The normalized spacial score (nSPS) is 21.6. The Hall–Kier alpha value is -0.300. The minimum absolute atomic E-state index is 0. The molecule has 1 fully saturated rings. The Balaban J connectivity index is 0.00000180. The highest BCUT2D eigenvalue weighted by atomic mass is 127. The average molecular weight is 438 g/mol. The van der Waals surface area contributed by atoms with Crippen LogP contribution in [0, 0.1) is 12.8 Å². The Morgan fingerprint density at radius 1 is 1.47 bits per heavy atom. The molecule has 0 amide bonds. The second-order valence-electron chi connectivity index (χ2n) is 4.96. The maximum absolute atomic E-state index is 4.25. The predicted molar refractivity (Wildman–Crippen MR) is 95.2 cm³/mol. The van der Waals surface area contributed by atoms with Crippen molar-refractivity contribution in [2.75, 3.05) is 7.05 Å². The molecule has 0 saturated heterocycles. The van der Waals surface area contributed by atoms with Crippen molar-refractivity contribution in [3.05, 3.63) is 33.8 Å². The van der Waals surface area contributed by atoms with Gasteiger partial charge in [0.25, 0.3) is 0 Å². The molecular formula is C14H21BrIN3. The van der Waals surface area contributed by atoms with E-state index in [0.717, 1.165) is 22.9 Å². The number of guanidine groups is 1. The molecule has 1 aromatic rings. The molecule has 2 atom stereocenters. The summed E-state index contributed by atoms with van der Waals surface area (Å²) in [7, 11) is 1.82. The highest BCUT2D eigenvalue weighted by Gasteiger charge is 2.33. The lowest BCUT2D eigenvalue weighted by Gasteiger charge is -2.13. The summed E-state index contributed by atoms with van der Waals surface area (Å²) < 4.78 is 1.12. The molecule has 2 unspecified atom stereocenters. The molecule has 1 aromatic carbocycles. The van der Waals surface area contributed by atoms with E-state index in [0.29, 0.717) is 6.04 Å². The molecule has 1 saturated carbocycles. The van der Waals surface area contributed by atoms with Crippen LogP contribution >= 0.6 is 39.9 Å². The van der Waals surface area contributed by atoms with Gasteiger partial charge in [-0.15, -0.1) is 24.0 Å². The molecule has 2 N–H and O–H groups in total. The molecule has 2 rings (SSSR count). The van der Waals surface area contributed by atoms with Gasteiger partial charge in [-0.05, 0) is 42.5 Å². The summed E-state index contributed by atoms with van der Waals surface area (Å²) in [6.45, 7) is 5.19. The number of aliphatic imine (C=N–C) groups is 1. The predicted octanol–water partition coefficient (Wildman–Crippen LogP) is 3.45. The summed E-state index contributed by atoms with van der Waals surface area (Å²) in [5.41, 5.74) is 2.58. The number of hydrogen-bond acceptors (Lipinski definition) is 1. The van der Waals surface area contributed by atoms with Crippen molar-refractivity contribution in [2.45, 2.75) is 32.9 Å². The molecule has 106 valence electrons. The molecule has 0 heterocycles. The first-order valence-corrected chi connectivity index (χ1v) is 7.11. The van der Waals surface area contributed by atoms with E-state index in [1.807, 2.05) is 7.05 Å². The Morgan fingerprint density at radius 2 is 2.16 bits per heavy atom. The van der Waals surface area contributed by atoms with Gasteiger partial charge in [0.1, 0.15) is 0 Å². The van der Waals surface area contributed by atoms with E-state index in [1.165, 1.54) is 17.5 Å². The van der Waals surface area contributed by atoms with Gasteiger partial charge < -0.3 is 10.6 Å². The Morgan fingerprint density at radius 3 is 2.68 bits per heavy atom. The van der Waals surface area contributed by atoms with E-state index in [1.54, 1.807) is 0 Å². The highest BCUT2D eigenvalue weighted by molar-refractivity contribution is 14.0. The van der Waals surface area contributed by atoms with Crippen LogP contribution in [-0.4, -0.2) is 19.0 Å². The first-order chi connectivity index (χ1) is 8.60. The molecular weight excluding hydrogens is 417 g/mol. The van der Waals surface area contributed by atoms with E-state index in [9.17, 15) is 0 Å². The van der Waals surface area contributed by atoms with Gasteiger partial charge in [-0.2, -0.15) is 0 Å². The van der Waals surface area contributed by atoms with E-state index in [-0.39, 0.29) is 24.0 Å². The van der Waals surface area contributed by atoms with Crippen molar-refractivity contribution in [3.8, 4) is 0 Å². The summed E-state index contributed by atoms with van der Waals surface area (Å²) in [6.07, 6.45) is 1.25. The third-order valence-corrected chi connectivity index (χ3v) is 3.90. The lowest BCUT2D eigenvalue weighted by Crippen LogP contribution is -2.38. The van der Waals surface area contributed by atoms with Crippen LogP contribution in [0.4, 0.5) is 0 Å². The number of halogens is 2. The van der Waals surface area contributed by atoms with Crippen LogP contribution in [0.5, 0.6) is 0 Å². The Kier molecular flexibility index (Phi) is 6.59. The number of benzene rings is 1. The van der Waals surface area contributed by atoms with E-state index >= 15 is 0 Å². The lowest BCUT2D eigenvalue weighted by molar-refractivity contribution is 0.762. The molecule has 3 nitrogen and oxygen atoms in total. The smallest absolute Gasteiger partial charge is 0.191 e. The van der Waals surface area contributed by atoms with Crippen molar-refractivity contribution in [3.63, 3.8) is 0 Å². The van der Waals surface area contributed by atoms with Gasteiger partial charge in [0.2, 0.25) is 0 Å². The fraction of sp³-hybridized carbons (Fsp3) is 0.500. The van der Waals surface area contributed by atoms with Crippen LogP contribution in [0.25, 0.3) is 0 Å². The molecule has 19 heavy (non-hydrogen) atoms. The largest absolute Gasteiger partial charge is 0.353 e. The Labute approximate surface area is 140 Å². The maximum Gasteiger partial charge on any atom is 0.191 e. The third-order valence-electron chi connectivity index (χ3n) is 3.41. The molecule has 0 radical (unpaired) electrons. The molecule has 5 heteroatoms. The fourth-order valence-corrected chi connectivity index (χ4v) is 2.41. The van der Waals surface area contributed by atoms with E-state index in [2.05, 4.69) is 63.6 Å². The summed E-state index contributed by atoms with van der Waals surface area (Å²) >= 11 is 3.48. The molecule has 0 aromatic heterocycles. The number of hydrogen-bond donors (Lipinski definition) is 2. The maximum atomic E-state index is 4.25. The summed E-state index contributed by atoms with van der Waals surface area (Å²) in [5.74, 6) is 1.67. The second-order valence-corrected chi connectivity index (χ2v) is 5.88. The first kappa shape index (κ1) is 16.8. The summed E-state index contributed by atoms with van der Waals surface area (Å²) in [4.78, 5) is 4.25. The van der Waals surface area contributed by atoms with Gasteiger partial charge in [0.05, 0.1) is 0 Å². The van der Waals surface area contributed by atoms with Crippen LogP contribution in [0.1, 0.15) is 24.5 Å². The van der Waals surface area contributed by atoms with Gasteiger partial charge in [-0.1, -0.05) is 28.9 Å². The first-order valence-electron chi connectivity index (χ1n) is 6.32. The Bertz CT molecular complexity index is 462. The fourth-order valence-electron chi connectivity index (χ4n) is 1.93. The summed E-state index contributed by atoms with van der Waals surface area (Å²) in [5, 5.41) is 6.78. The van der Waals surface area contributed by atoms with Gasteiger partial charge in [0, 0.05) is 24.1 Å². The molecule has 0 bridgehead atoms. The number of rotatable bonds is 3. The quantitative estimate of drug-likeness (QED) is 0.431. The van der Waals surface area contributed by atoms with Crippen molar-refractivity contribution in [1.29, 1.82) is 0 Å². The molecule has 1 aliphatic rings.